The van der Waals surface area contributed by atoms with E-state index in [-0.39, 0.29) is 24.1 Å². The van der Waals surface area contributed by atoms with Gasteiger partial charge in [-0.25, -0.2) is 0 Å². The van der Waals surface area contributed by atoms with E-state index in [2.05, 4.69) is 5.32 Å². The van der Waals surface area contributed by atoms with Gasteiger partial charge in [-0.1, -0.05) is 67.9 Å². The van der Waals surface area contributed by atoms with Crippen LogP contribution in [0.15, 0.2) is 60.7 Å². The number of anilines is 1. The second kappa shape index (κ2) is 10.9. The van der Waals surface area contributed by atoms with Crippen molar-refractivity contribution in [3.63, 3.8) is 0 Å². The van der Waals surface area contributed by atoms with Crippen LogP contribution in [0.2, 0.25) is 0 Å². The molecular weight excluding hydrogens is 450 g/mol. The highest BCUT2D eigenvalue weighted by Crippen LogP contribution is 2.37. The SMILES string of the molecule is Cc1cccc(CN(C(=O)CCCN2C(=O)c3cccc4cccc2c34)C(C)C(=O)NCC(C)C)c1. The van der Waals surface area contributed by atoms with E-state index in [1.165, 1.54) is 0 Å². The molecule has 1 N–H and O–H groups in total. The van der Waals surface area contributed by atoms with Crippen LogP contribution in [0, 0.1) is 12.8 Å². The molecule has 0 radical (unpaired) electrons. The molecule has 1 aliphatic heterocycles. The molecule has 0 aromatic heterocycles. The van der Waals surface area contributed by atoms with Crippen LogP contribution < -0.4 is 10.2 Å². The lowest BCUT2D eigenvalue weighted by Crippen LogP contribution is -2.48. The van der Waals surface area contributed by atoms with Crippen molar-refractivity contribution in [2.24, 2.45) is 5.92 Å². The fourth-order valence-corrected chi connectivity index (χ4v) is 4.78. The minimum absolute atomic E-state index is 0.0210. The first-order valence-corrected chi connectivity index (χ1v) is 12.7. The molecule has 6 heteroatoms. The summed E-state index contributed by atoms with van der Waals surface area (Å²) < 4.78 is 0. The van der Waals surface area contributed by atoms with Gasteiger partial charge >= 0.3 is 0 Å². The van der Waals surface area contributed by atoms with E-state index in [9.17, 15) is 14.4 Å². The first-order valence-electron chi connectivity index (χ1n) is 12.7. The Labute approximate surface area is 213 Å². The maximum Gasteiger partial charge on any atom is 0.258 e. The molecular formula is C30H35N3O3. The van der Waals surface area contributed by atoms with E-state index in [4.69, 9.17) is 0 Å². The molecule has 1 atom stereocenters. The standard InChI is InChI=1S/C30H35N3O3/c1-20(2)18-31-29(35)22(4)33(19-23-10-5-9-21(3)17-23)27(34)15-8-16-32-26-14-7-12-24-11-6-13-25(28(24)26)30(32)36/h5-7,9-14,17,20,22H,8,15-16,18-19H2,1-4H3,(H,31,35). The summed E-state index contributed by atoms with van der Waals surface area (Å²) in [5.41, 5.74) is 3.71. The molecule has 6 nitrogen and oxygen atoms in total. The second-order valence-corrected chi connectivity index (χ2v) is 10.1. The van der Waals surface area contributed by atoms with Gasteiger partial charge in [-0.15, -0.1) is 0 Å². The van der Waals surface area contributed by atoms with Gasteiger partial charge in [0.1, 0.15) is 6.04 Å². The minimum Gasteiger partial charge on any atom is -0.354 e. The molecule has 188 valence electrons. The summed E-state index contributed by atoms with van der Waals surface area (Å²) in [5, 5.41) is 4.98. The normalized spacial score (nSPS) is 13.4. The average molecular weight is 486 g/mol. The summed E-state index contributed by atoms with van der Waals surface area (Å²) >= 11 is 0. The Morgan fingerprint density at radius 2 is 1.72 bits per heavy atom. The largest absolute Gasteiger partial charge is 0.354 e. The Morgan fingerprint density at radius 3 is 2.44 bits per heavy atom. The first kappa shape index (κ1) is 25.4. The second-order valence-electron chi connectivity index (χ2n) is 10.1. The Hall–Kier alpha value is -3.67. The summed E-state index contributed by atoms with van der Waals surface area (Å²) in [6, 6.07) is 19.1. The topological polar surface area (TPSA) is 69.7 Å². The zero-order valence-electron chi connectivity index (χ0n) is 21.6. The van der Waals surface area contributed by atoms with Gasteiger partial charge in [0.05, 0.1) is 5.69 Å². The quantitative estimate of drug-likeness (QED) is 0.436. The predicted molar refractivity (Wildman–Crippen MR) is 144 cm³/mol. The smallest absolute Gasteiger partial charge is 0.258 e. The van der Waals surface area contributed by atoms with Crippen LogP contribution in [0.25, 0.3) is 10.8 Å². The fraction of sp³-hybridized carbons (Fsp3) is 0.367. The van der Waals surface area contributed by atoms with Crippen LogP contribution in [0.1, 0.15) is 55.1 Å². The first-order chi connectivity index (χ1) is 17.3. The van der Waals surface area contributed by atoms with Crippen molar-refractivity contribution >= 4 is 34.2 Å². The van der Waals surface area contributed by atoms with Crippen molar-refractivity contribution in [3.8, 4) is 0 Å². The van der Waals surface area contributed by atoms with Gasteiger partial charge in [0.25, 0.3) is 5.91 Å². The molecule has 0 aliphatic carbocycles. The molecule has 3 amide bonds. The average Bonchev–Trinajstić information content (AvgIpc) is 3.13. The van der Waals surface area contributed by atoms with Crippen molar-refractivity contribution in [2.45, 2.75) is 53.1 Å². The molecule has 1 aliphatic rings. The van der Waals surface area contributed by atoms with Gasteiger partial charge in [0, 0.05) is 37.0 Å². The molecule has 4 rings (SSSR count). The van der Waals surface area contributed by atoms with Crippen LogP contribution in [-0.4, -0.2) is 41.8 Å². The highest BCUT2D eigenvalue weighted by atomic mass is 16.2. The highest BCUT2D eigenvalue weighted by Gasteiger charge is 2.30. The number of amides is 3. The summed E-state index contributed by atoms with van der Waals surface area (Å²) in [7, 11) is 0. The summed E-state index contributed by atoms with van der Waals surface area (Å²) in [6.07, 6.45) is 0.767. The van der Waals surface area contributed by atoms with E-state index in [0.29, 0.717) is 37.5 Å². The van der Waals surface area contributed by atoms with Crippen molar-refractivity contribution in [1.82, 2.24) is 10.2 Å². The molecule has 1 unspecified atom stereocenters. The van der Waals surface area contributed by atoms with Crippen molar-refractivity contribution < 1.29 is 14.4 Å². The minimum atomic E-state index is -0.594. The third-order valence-corrected chi connectivity index (χ3v) is 6.71. The number of rotatable bonds is 10. The van der Waals surface area contributed by atoms with E-state index >= 15 is 0 Å². The van der Waals surface area contributed by atoms with Crippen molar-refractivity contribution in [1.29, 1.82) is 0 Å². The number of nitrogens with zero attached hydrogens (tertiary/aromatic N) is 2. The third-order valence-electron chi connectivity index (χ3n) is 6.71. The molecule has 36 heavy (non-hydrogen) atoms. The van der Waals surface area contributed by atoms with E-state index in [1.54, 1.807) is 16.7 Å². The number of carbonyl (C=O) groups excluding carboxylic acids is 3. The van der Waals surface area contributed by atoms with Gasteiger partial charge in [-0.2, -0.15) is 0 Å². The van der Waals surface area contributed by atoms with E-state index < -0.39 is 6.04 Å². The number of hydrogen-bond donors (Lipinski definition) is 1. The molecule has 0 spiro atoms. The van der Waals surface area contributed by atoms with Crippen LogP contribution >= 0.6 is 0 Å². The Kier molecular flexibility index (Phi) is 7.73. The lowest BCUT2D eigenvalue weighted by molar-refractivity contribution is -0.140. The lowest BCUT2D eigenvalue weighted by atomic mass is 10.1. The van der Waals surface area contributed by atoms with Crippen LogP contribution in [-0.2, 0) is 16.1 Å². The fourth-order valence-electron chi connectivity index (χ4n) is 4.78. The van der Waals surface area contributed by atoms with Gasteiger partial charge in [0.2, 0.25) is 11.8 Å². The zero-order chi connectivity index (χ0) is 25.8. The zero-order valence-corrected chi connectivity index (χ0v) is 21.6. The predicted octanol–water partition coefficient (Wildman–Crippen LogP) is 5.08. The summed E-state index contributed by atoms with van der Waals surface area (Å²) in [4.78, 5) is 42.8. The van der Waals surface area contributed by atoms with Crippen LogP contribution in [0.4, 0.5) is 5.69 Å². The number of aryl methyl sites for hydroxylation is 1. The molecule has 0 bridgehead atoms. The number of carbonyl (C=O) groups is 3. The molecule has 0 saturated heterocycles. The van der Waals surface area contributed by atoms with Crippen molar-refractivity contribution in [2.75, 3.05) is 18.0 Å². The molecule has 3 aromatic carbocycles. The maximum atomic E-state index is 13.4. The Morgan fingerprint density at radius 1 is 1.00 bits per heavy atom. The summed E-state index contributed by atoms with van der Waals surface area (Å²) in [6.45, 7) is 9.26. The van der Waals surface area contributed by atoms with Crippen LogP contribution in [0.3, 0.4) is 0 Å². The molecule has 0 fully saturated rings. The molecule has 3 aromatic rings. The lowest BCUT2D eigenvalue weighted by Gasteiger charge is -2.29. The molecule has 1 heterocycles. The van der Waals surface area contributed by atoms with Gasteiger partial charge in [-0.05, 0) is 49.3 Å². The molecule has 0 saturated carbocycles. The number of nitrogens with one attached hydrogen (secondary N) is 1. The Balaban J connectivity index is 1.45. The Bertz CT molecular complexity index is 1280. The monoisotopic (exact) mass is 485 g/mol. The van der Waals surface area contributed by atoms with E-state index in [1.807, 2.05) is 81.4 Å². The van der Waals surface area contributed by atoms with Crippen LogP contribution in [0.5, 0.6) is 0 Å². The summed E-state index contributed by atoms with van der Waals surface area (Å²) in [5.74, 6) is 0.0635. The van der Waals surface area contributed by atoms with Gasteiger partial charge in [-0.3, -0.25) is 14.4 Å². The maximum absolute atomic E-state index is 13.4. The van der Waals surface area contributed by atoms with E-state index in [0.717, 1.165) is 27.6 Å². The van der Waals surface area contributed by atoms with Gasteiger partial charge in [0.15, 0.2) is 0 Å². The number of benzene rings is 3. The highest BCUT2D eigenvalue weighted by molar-refractivity contribution is 6.25. The number of hydrogen-bond acceptors (Lipinski definition) is 3. The third kappa shape index (κ3) is 5.43. The van der Waals surface area contributed by atoms with Gasteiger partial charge < -0.3 is 15.1 Å². The van der Waals surface area contributed by atoms with Crippen molar-refractivity contribution in [3.05, 3.63) is 77.4 Å².